The summed E-state index contributed by atoms with van der Waals surface area (Å²) in [5.41, 5.74) is 1.09. The van der Waals surface area contributed by atoms with Crippen LogP contribution in [0.2, 0.25) is 0 Å². The fraction of sp³-hybridized carbons (Fsp3) is 0.533. The monoisotopic (exact) mass is 260 g/mol. The molecule has 4 heteroatoms. The van der Waals surface area contributed by atoms with E-state index >= 15 is 0 Å². The normalized spacial score (nSPS) is 25.5. The molecule has 0 aliphatic carbocycles. The van der Waals surface area contributed by atoms with Crippen molar-refractivity contribution >= 4 is 5.91 Å². The van der Waals surface area contributed by atoms with Gasteiger partial charge in [0.05, 0.1) is 6.04 Å². The fourth-order valence-corrected chi connectivity index (χ4v) is 2.86. The van der Waals surface area contributed by atoms with Gasteiger partial charge in [-0.3, -0.25) is 4.79 Å². The van der Waals surface area contributed by atoms with E-state index < -0.39 is 0 Å². The van der Waals surface area contributed by atoms with E-state index in [4.69, 9.17) is 4.74 Å². The number of hydrogen-bond acceptors (Lipinski definition) is 3. The Kier molecular flexibility index (Phi) is 3.69. The predicted molar refractivity (Wildman–Crippen MR) is 73.1 cm³/mol. The highest BCUT2D eigenvalue weighted by molar-refractivity contribution is 5.77. The van der Waals surface area contributed by atoms with E-state index in [2.05, 4.69) is 10.6 Å². The van der Waals surface area contributed by atoms with Gasteiger partial charge in [0.15, 0.2) is 0 Å². The molecule has 2 aliphatic rings. The largest absolute Gasteiger partial charge is 0.491 e. The van der Waals surface area contributed by atoms with E-state index in [0.717, 1.165) is 24.3 Å². The van der Waals surface area contributed by atoms with Gasteiger partial charge in [-0.05, 0) is 25.5 Å². The Bertz CT molecular complexity index is 455. The van der Waals surface area contributed by atoms with Crippen LogP contribution in [0.25, 0.3) is 0 Å². The number of nitrogens with one attached hydrogen (secondary N) is 2. The Morgan fingerprint density at radius 3 is 3.11 bits per heavy atom. The zero-order valence-corrected chi connectivity index (χ0v) is 11.0. The van der Waals surface area contributed by atoms with Crippen molar-refractivity contribution in [1.29, 1.82) is 0 Å². The van der Waals surface area contributed by atoms with Crippen molar-refractivity contribution in [3.63, 3.8) is 0 Å². The second-order valence-corrected chi connectivity index (χ2v) is 5.32. The number of para-hydroxylation sites is 1. The van der Waals surface area contributed by atoms with Gasteiger partial charge < -0.3 is 15.4 Å². The van der Waals surface area contributed by atoms with E-state index in [1.165, 1.54) is 12.8 Å². The molecule has 4 nitrogen and oxygen atoms in total. The maximum atomic E-state index is 12.1. The summed E-state index contributed by atoms with van der Waals surface area (Å²) in [4.78, 5) is 12.1. The Hall–Kier alpha value is -1.55. The number of ether oxygens (including phenoxy) is 1. The number of hydrogen-bond donors (Lipinski definition) is 2. The molecule has 2 unspecified atom stereocenters. The number of fused-ring (bicyclic) bond motifs is 1. The molecule has 2 aliphatic heterocycles. The summed E-state index contributed by atoms with van der Waals surface area (Å²) in [6, 6.07) is 8.25. The van der Waals surface area contributed by atoms with Crippen molar-refractivity contribution in [2.24, 2.45) is 0 Å². The van der Waals surface area contributed by atoms with Crippen LogP contribution >= 0.6 is 0 Å². The molecule has 19 heavy (non-hydrogen) atoms. The number of benzene rings is 1. The zero-order valence-electron chi connectivity index (χ0n) is 11.0. The van der Waals surface area contributed by atoms with E-state index in [1.807, 2.05) is 24.3 Å². The summed E-state index contributed by atoms with van der Waals surface area (Å²) in [6.45, 7) is 1.58. The molecule has 1 aromatic rings. The summed E-state index contributed by atoms with van der Waals surface area (Å²) in [5, 5.41) is 6.48. The number of amides is 1. The molecule has 1 aromatic carbocycles. The van der Waals surface area contributed by atoms with Gasteiger partial charge in [-0.1, -0.05) is 24.6 Å². The molecule has 2 N–H and O–H groups in total. The quantitative estimate of drug-likeness (QED) is 0.871. The molecule has 0 bridgehead atoms. The molecule has 0 radical (unpaired) electrons. The lowest BCUT2D eigenvalue weighted by molar-refractivity contribution is -0.122. The van der Waals surface area contributed by atoms with Gasteiger partial charge in [-0.25, -0.2) is 0 Å². The summed E-state index contributed by atoms with van der Waals surface area (Å²) in [7, 11) is 0. The van der Waals surface area contributed by atoms with Gasteiger partial charge >= 0.3 is 0 Å². The van der Waals surface area contributed by atoms with Crippen LogP contribution in [0.1, 0.15) is 37.3 Å². The number of carbonyl (C=O) groups is 1. The van der Waals surface area contributed by atoms with Crippen molar-refractivity contribution in [2.45, 2.75) is 37.8 Å². The van der Waals surface area contributed by atoms with Crippen LogP contribution in [0, 0.1) is 0 Å². The maximum Gasteiger partial charge on any atom is 0.222 e. The van der Waals surface area contributed by atoms with Crippen LogP contribution in [0.3, 0.4) is 0 Å². The zero-order chi connectivity index (χ0) is 13.1. The van der Waals surface area contributed by atoms with E-state index in [1.54, 1.807) is 0 Å². The van der Waals surface area contributed by atoms with E-state index in [0.29, 0.717) is 19.1 Å². The lowest BCUT2D eigenvalue weighted by Gasteiger charge is -2.23. The second-order valence-electron chi connectivity index (χ2n) is 5.32. The van der Waals surface area contributed by atoms with Gasteiger partial charge in [-0.2, -0.15) is 0 Å². The lowest BCUT2D eigenvalue weighted by Crippen LogP contribution is -2.39. The van der Waals surface area contributed by atoms with Crippen molar-refractivity contribution in [2.75, 3.05) is 13.2 Å². The standard InChI is InChI=1S/C15H20N2O2/c18-15(9-11-5-3-4-8-16-11)17-13-10-19-14-7-2-1-6-12(13)14/h1-2,6-7,11,13,16H,3-5,8-10H2,(H,17,18). The van der Waals surface area contributed by atoms with Crippen molar-refractivity contribution in [3.8, 4) is 5.75 Å². The van der Waals surface area contributed by atoms with Crippen molar-refractivity contribution in [3.05, 3.63) is 29.8 Å². The minimum atomic E-state index is 0.00675. The van der Waals surface area contributed by atoms with Crippen LogP contribution in [0.4, 0.5) is 0 Å². The Balaban J connectivity index is 1.55. The highest BCUT2D eigenvalue weighted by Crippen LogP contribution is 2.31. The van der Waals surface area contributed by atoms with Crippen LogP contribution < -0.4 is 15.4 Å². The SMILES string of the molecule is O=C(CC1CCCCN1)NC1COc2ccccc21. The van der Waals surface area contributed by atoms with Crippen LogP contribution in [0.15, 0.2) is 24.3 Å². The minimum Gasteiger partial charge on any atom is -0.491 e. The number of rotatable bonds is 3. The van der Waals surface area contributed by atoms with E-state index in [-0.39, 0.29) is 11.9 Å². The summed E-state index contributed by atoms with van der Waals surface area (Å²) in [5.74, 6) is 1.01. The molecule has 1 saturated heterocycles. The minimum absolute atomic E-state index is 0.00675. The second kappa shape index (κ2) is 5.61. The molecule has 3 rings (SSSR count). The molecule has 1 fully saturated rings. The molecule has 1 amide bonds. The molecule has 2 atom stereocenters. The van der Waals surface area contributed by atoms with Crippen molar-refractivity contribution in [1.82, 2.24) is 10.6 Å². The average molecular weight is 260 g/mol. The van der Waals surface area contributed by atoms with Gasteiger partial charge in [0.1, 0.15) is 12.4 Å². The highest BCUT2D eigenvalue weighted by Gasteiger charge is 2.26. The van der Waals surface area contributed by atoms with Crippen LogP contribution in [0.5, 0.6) is 5.75 Å². The maximum absolute atomic E-state index is 12.1. The fourth-order valence-electron chi connectivity index (χ4n) is 2.86. The average Bonchev–Trinajstić information content (AvgIpc) is 2.83. The summed E-state index contributed by atoms with van der Waals surface area (Å²) in [6.07, 6.45) is 4.12. The topological polar surface area (TPSA) is 50.4 Å². The third-order valence-electron chi connectivity index (χ3n) is 3.88. The Labute approximate surface area is 113 Å². The molecular formula is C15H20N2O2. The molecular weight excluding hydrogens is 240 g/mol. The number of carbonyl (C=O) groups excluding carboxylic acids is 1. The smallest absolute Gasteiger partial charge is 0.222 e. The molecule has 2 heterocycles. The first-order valence-corrected chi connectivity index (χ1v) is 7.07. The molecule has 0 saturated carbocycles. The molecule has 0 aromatic heterocycles. The lowest BCUT2D eigenvalue weighted by atomic mass is 10.0. The first kappa shape index (κ1) is 12.5. The molecule has 0 spiro atoms. The van der Waals surface area contributed by atoms with Crippen molar-refractivity contribution < 1.29 is 9.53 Å². The third-order valence-corrected chi connectivity index (χ3v) is 3.88. The highest BCUT2D eigenvalue weighted by atomic mass is 16.5. The van der Waals surface area contributed by atoms with E-state index in [9.17, 15) is 4.79 Å². The van der Waals surface area contributed by atoms with Crippen LogP contribution in [-0.4, -0.2) is 25.1 Å². The summed E-state index contributed by atoms with van der Waals surface area (Å²) >= 11 is 0. The summed E-state index contributed by atoms with van der Waals surface area (Å²) < 4.78 is 5.57. The third kappa shape index (κ3) is 2.89. The van der Waals surface area contributed by atoms with Gasteiger partial charge in [0, 0.05) is 18.0 Å². The first-order chi connectivity index (χ1) is 9.33. The number of piperidine rings is 1. The van der Waals surface area contributed by atoms with Gasteiger partial charge in [0.25, 0.3) is 0 Å². The Morgan fingerprint density at radius 2 is 2.26 bits per heavy atom. The Morgan fingerprint density at radius 1 is 1.37 bits per heavy atom. The molecule has 102 valence electrons. The van der Waals surface area contributed by atoms with Gasteiger partial charge in [0.2, 0.25) is 5.91 Å². The van der Waals surface area contributed by atoms with Gasteiger partial charge in [-0.15, -0.1) is 0 Å². The van der Waals surface area contributed by atoms with Crippen LogP contribution in [-0.2, 0) is 4.79 Å². The first-order valence-electron chi connectivity index (χ1n) is 7.07. The predicted octanol–water partition coefficient (Wildman–Crippen LogP) is 1.77.